The molecule has 35 heavy (non-hydrogen) atoms. The number of anilines is 1. The summed E-state index contributed by atoms with van der Waals surface area (Å²) in [5.41, 5.74) is 3.40. The van der Waals surface area contributed by atoms with Gasteiger partial charge in [0.1, 0.15) is 6.04 Å². The van der Waals surface area contributed by atoms with Crippen molar-refractivity contribution in [3.8, 4) is 0 Å². The van der Waals surface area contributed by atoms with Crippen LogP contribution in [0.3, 0.4) is 0 Å². The Labute approximate surface area is 205 Å². The Bertz CT molecular complexity index is 1180. The molecule has 3 amide bonds. The van der Waals surface area contributed by atoms with E-state index in [0.29, 0.717) is 16.8 Å². The Morgan fingerprint density at radius 1 is 0.743 bits per heavy atom. The lowest BCUT2D eigenvalue weighted by Gasteiger charge is -2.27. The zero-order valence-electron chi connectivity index (χ0n) is 19.7. The molecule has 0 aromatic heterocycles. The van der Waals surface area contributed by atoms with Gasteiger partial charge in [0.2, 0.25) is 5.91 Å². The first-order valence-electron chi connectivity index (χ1n) is 12.2. The molecule has 3 aromatic carbocycles. The lowest BCUT2D eigenvalue weighted by atomic mass is 10.0. The summed E-state index contributed by atoms with van der Waals surface area (Å²) in [5.74, 6) is -1.25. The third kappa shape index (κ3) is 5.03. The quantitative estimate of drug-likeness (QED) is 0.519. The summed E-state index contributed by atoms with van der Waals surface area (Å²) in [7, 11) is 0. The summed E-state index contributed by atoms with van der Waals surface area (Å²) >= 11 is 0. The van der Waals surface area contributed by atoms with Crippen molar-refractivity contribution in [2.24, 2.45) is 0 Å². The average Bonchev–Trinajstić information content (AvgIpc) is 3.15. The van der Waals surface area contributed by atoms with Gasteiger partial charge in [-0.15, -0.1) is 0 Å². The molecule has 1 N–H and O–H groups in total. The van der Waals surface area contributed by atoms with Gasteiger partial charge in [-0.25, -0.2) is 0 Å². The number of fused-ring (bicyclic) bond motifs is 1. The Kier molecular flexibility index (Phi) is 6.73. The van der Waals surface area contributed by atoms with Crippen LogP contribution in [0.4, 0.5) is 5.69 Å². The highest BCUT2D eigenvalue weighted by molar-refractivity contribution is 6.23. The van der Waals surface area contributed by atoms with Gasteiger partial charge in [-0.05, 0) is 61.3 Å². The summed E-state index contributed by atoms with van der Waals surface area (Å²) < 4.78 is 0. The maximum atomic E-state index is 13.5. The van der Waals surface area contributed by atoms with E-state index in [9.17, 15) is 14.4 Å². The minimum atomic E-state index is -0.960. The van der Waals surface area contributed by atoms with Gasteiger partial charge in [0, 0.05) is 18.7 Å². The van der Waals surface area contributed by atoms with E-state index in [4.69, 9.17) is 0 Å². The van der Waals surface area contributed by atoms with Crippen LogP contribution in [0.5, 0.6) is 0 Å². The van der Waals surface area contributed by atoms with Gasteiger partial charge in [-0.1, -0.05) is 61.0 Å². The largest absolute Gasteiger partial charge is 0.324 e. The number of nitrogens with one attached hydrogen (secondary N) is 1. The number of likely N-dealkylation sites (tertiary alicyclic amines) is 1. The van der Waals surface area contributed by atoms with Gasteiger partial charge in [0.25, 0.3) is 11.8 Å². The van der Waals surface area contributed by atoms with Crippen molar-refractivity contribution < 1.29 is 14.4 Å². The molecular formula is C29H29N3O3. The predicted molar refractivity (Wildman–Crippen MR) is 135 cm³/mol. The van der Waals surface area contributed by atoms with Crippen LogP contribution in [0.2, 0.25) is 0 Å². The SMILES string of the molecule is O=C(Nc1ccc(CN2CCCCC2)cc1)C(Cc1ccccc1)N1C(=O)c2ccccc2C1=O. The van der Waals surface area contributed by atoms with E-state index in [2.05, 4.69) is 10.2 Å². The summed E-state index contributed by atoms with van der Waals surface area (Å²) in [6.45, 7) is 3.15. The van der Waals surface area contributed by atoms with Gasteiger partial charge in [0.15, 0.2) is 0 Å². The molecule has 2 aliphatic rings. The minimum absolute atomic E-state index is 0.241. The Morgan fingerprint density at radius 3 is 1.97 bits per heavy atom. The molecule has 6 heteroatoms. The molecule has 6 nitrogen and oxygen atoms in total. The highest BCUT2D eigenvalue weighted by atomic mass is 16.2. The van der Waals surface area contributed by atoms with Gasteiger partial charge in [-0.3, -0.25) is 24.2 Å². The number of imide groups is 1. The van der Waals surface area contributed by atoms with Crippen molar-refractivity contribution >= 4 is 23.4 Å². The molecule has 2 heterocycles. The van der Waals surface area contributed by atoms with Crippen LogP contribution in [0.1, 0.15) is 51.1 Å². The second-order valence-corrected chi connectivity index (χ2v) is 9.25. The number of amides is 3. The molecule has 1 saturated heterocycles. The summed E-state index contributed by atoms with van der Waals surface area (Å²) in [6.07, 6.45) is 4.04. The lowest BCUT2D eigenvalue weighted by molar-refractivity contribution is -0.119. The van der Waals surface area contributed by atoms with E-state index in [1.165, 1.54) is 24.8 Å². The smallest absolute Gasteiger partial charge is 0.262 e. The Balaban J connectivity index is 1.34. The fourth-order valence-electron chi connectivity index (χ4n) is 4.92. The molecule has 2 aliphatic heterocycles. The van der Waals surface area contributed by atoms with Crippen LogP contribution in [0.15, 0.2) is 78.9 Å². The molecule has 0 saturated carbocycles. The van der Waals surface area contributed by atoms with Crippen molar-refractivity contribution in [1.29, 1.82) is 0 Å². The molecule has 5 rings (SSSR count). The topological polar surface area (TPSA) is 69.7 Å². The third-order valence-electron chi connectivity index (χ3n) is 6.79. The number of benzene rings is 3. The predicted octanol–water partition coefficient (Wildman–Crippen LogP) is 4.52. The molecule has 0 bridgehead atoms. The van der Waals surface area contributed by atoms with E-state index in [1.54, 1.807) is 24.3 Å². The van der Waals surface area contributed by atoms with Crippen molar-refractivity contribution in [1.82, 2.24) is 9.80 Å². The molecule has 0 spiro atoms. The van der Waals surface area contributed by atoms with E-state index in [1.807, 2.05) is 54.6 Å². The zero-order chi connectivity index (χ0) is 24.2. The number of rotatable bonds is 7. The highest BCUT2D eigenvalue weighted by Gasteiger charge is 2.42. The van der Waals surface area contributed by atoms with Crippen molar-refractivity contribution in [3.05, 3.63) is 101 Å². The number of hydrogen-bond acceptors (Lipinski definition) is 4. The lowest BCUT2D eigenvalue weighted by Crippen LogP contribution is -2.48. The van der Waals surface area contributed by atoms with Gasteiger partial charge in [0.05, 0.1) is 11.1 Å². The van der Waals surface area contributed by atoms with Crippen LogP contribution in [0, 0.1) is 0 Å². The van der Waals surface area contributed by atoms with Crippen molar-refractivity contribution in [2.75, 3.05) is 18.4 Å². The first kappa shape index (κ1) is 23.0. The third-order valence-corrected chi connectivity index (χ3v) is 6.79. The van der Waals surface area contributed by atoms with Crippen LogP contribution in [-0.2, 0) is 17.8 Å². The number of carbonyl (C=O) groups excluding carboxylic acids is 3. The van der Waals surface area contributed by atoms with Crippen molar-refractivity contribution in [2.45, 2.75) is 38.3 Å². The monoisotopic (exact) mass is 467 g/mol. The number of hydrogen-bond donors (Lipinski definition) is 1. The number of carbonyl (C=O) groups is 3. The zero-order valence-corrected chi connectivity index (χ0v) is 19.7. The normalized spacial score (nSPS) is 16.7. The van der Waals surface area contributed by atoms with Gasteiger partial charge in [-0.2, -0.15) is 0 Å². The molecule has 178 valence electrons. The summed E-state index contributed by atoms with van der Waals surface area (Å²) in [5, 5.41) is 2.94. The van der Waals surface area contributed by atoms with E-state index >= 15 is 0 Å². The molecular weight excluding hydrogens is 438 g/mol. The maximum absolute atomic E-state index is 13.5. The second kappa shape index (κ2) is 10.2. The first-order chi connectivity index (χ1) is 17.1. The standard InChI is InChI=1S/C29H29N3O3/c33-27(30-23-15-13-22(14-16-23)20-31-17-7-2-8-18-31)26(19-21-9-3-1-4-10-21)32-28(34)24-11-5-6-12-25(24)29(32)35/h1,3-6,9-16,26H,2,7-8,17-20H2,(H,30,33). The molecule has 0 radical (unpaired) electrons. The van der Waals surface area contributed by atoms with Crippen LogP contribution < -0.4 is 5.32 Å². The van der Waals surface area contributed by atoms with E-state index in [-0.39, 0.29) is 12.3 Å². The van der Waals surface area contributed by atoms with Crippen LogP contribution in [0.25, 0.3) is 0 Å². The minimum Gasteiger partial charge on any atom is -0.324 e. The summed E-state index contributed by atoms with van der Waals surface area (Å²) in [4.78, 5) is 43.3. The van der Waals surface area contributed by atoms with Crippen LogP contribution >= 0.6 is 0 Å². The average molecular weight is 468 g/mol. The summed E-state index contributed by atoms with van der Waals surface area (Å²) in [6, 6.07) is 23.0. The molecule has 3 aromatic rings. The second-order valence-electron chi connectivity index (χ2n) is 9.25. The number of nitrogens with zero attached hydrogens (tertiary/aromatic N) is 2. The van der Waals surface area contributed by atoms with E-state index < -0.39 is 17.9 Å². The maximum Gasteiger partial charge on any atom is 0.262 e. The van der Waals surface area contributed by atoms with Gasteiger partial charge < -0.3 is 5.32 Å². The highest BCUT2D eigenvalue weighted by Crippen LogP contribution is 2.27. The fourth-order valence-corrected chi connectivity index (χ4v) is 4.92. The molecule has 1 atom stereocenters. The Morgan fingerprint density at radius 2 is 1.34 bits per heavy atom. The molecule has 1 unspecified atom stereocenters. The fraction of sp³-hybridized carbons (Fsp3) is 0.276. The number of piperidine rings is 1. The first-order valence-corrected chi connectivity index (χ1v) is 12.2. The van der Waals surface area contributed by atoms with Crippen LogP contribution in [-0.4, -0.2) is 46.7 Å². The Hall–Kier alpha value is -3.77. The van der Waals surface area contributed by atoms with Gasteiger partial charge >= 0.3 is 0 Å². The molecule has 0 aliphatic carbocycles. The molecule has 1 fully saturated rings. The van der Waals surface area contributed by atoms with E-state index in [0.717, 1.165) is 30.1 Å². The van der Waals surface area contributed by atoms with Crippen molar-refractivity contribution in [3.63, 3.8) is 0 Å².